The molecule has 0 aliphatic heterocycles. The van der Waals surface area contributed by atoms with E-state index in [2.05, 4.69) is 10.3 Å². The molecular weight excluding hydrogens is 421 g/mol. The Kier molecular flexibility index (Phi) is 12.0. The summed E-state index contributed by atoms with van der Waals surface area (Å²) in [4.78, 5) is 17.6. The lowest BCUT2D eigenvalue weighted by molar-refractivity contribution is -0.143. The number of carbonyl (C=O) groups excluding carboxylic acids is 1. The number of benzene rings is 1. The molecule has 0 aromatic heterocycles. The van der Waals surface area contributed by atoms with Gasteiger partial charge in [-0.1, -0.05) is 12.1 Å². The molecule has 7 heteroatoms. The van der Waals surface area contributed by atoms with Gasteiger partial charge in [0.05, 0.1) is 13.7 Å². The second-order valence-electron chi connectivity index (χ2n) is 5.09. The molecule has 0 heterocycles. The molecule has 136 valence electrons. The fraction of sp³-hybridized carbons (Fsp3) is 0.529. The van der Waals surface area contributed by atoms with Gasteiger partial charge < -0.3 is 19.7 Å². The summed E-state index contributed by atoms with van der Waals surface area (Å²) in [5, 5.41) is 3.25. The monoisotopic (exact) mass is 449 g/mol. The maximum Gasteiger partial charge on any atom is 0.305 e. The summed E-state index contributed by atoms with van der Waals surface area (Å²) in [6.07, 6.45) is 1.13. The number of aliphatic imine (C=N–C) groups is 1. The maximum atomic E-state index is 11.3. The van der Waals surface area contributed by atoms with E-state index in [4.69, 9.17) is 9.47 Å². The van der Waals surface area contributed by atoms with Crippen molar-refractivity contribution >= 4 is 35.9 Å². The Labute approximate surface area is 161 Å². The fourth-order valence-electron chi connectivity index (χ4n) is 2.13. The van der Waals surface area contributed by atoms with Crippen molar-refractivity contribution in [1.82, 2.24) is 10.2 Å². The van der Waals surface area contributed by atoms with E-state index >= 15 is 0 Å². The number of hydrogen-bond donors (Lipinski definition) is 1. The van der Waals surface area contributed by atoms with Crippen molar-refractivity contribution in [2.75, 3.05) is 34.4 Å². The molecule has 0 amide bonds. The number of halogens is 1. The zero-order valence-corrected chi connectivity index (χ0v) is 17.2. The number of ether oxygens (including phenoxy) is 2. The van der Waals surface area contributed by atoms with Crippen LogP contribution in [0, 0.1) is 0 Å². The lowest BCUT2D eigenvalue weighted by Gasteiger charge is -2.22. The number of esters is 1. The lowest BCUT2D eigenvalue weighted by atomic mass is 10.2. The third-order valence-electron chi connectivity index (χ3n) is 3.30. The number of methoxy groups -OCH3 is 1. The smallest absolute Gasteiger partial charge is 0.305 e. The number of nitrogens with zero attached hydrogens (tertiary/aromatic N) is 2. The van der Waals surface area contributed by atoms with E-state index in [9.17, 15) is 4.79 Å². The first kappa shape index (κ1) is 22.5. The van der Waals surface area contributed by atoms with Gasteiger partial charge in [-0.05, 0) is 31.0 Å². The summed E-state index contributed by atoms with van der Waals surface area (Å²) < 4.78 is 10.1. The largest absolute Gasteiger partial charge is 0.497 e. The predicted octanol–water partition coefficient (Wildman–Crippen LogP) is 2.66. The van der Waals surface area contributed by atoms with E-state index in [1.54, 1.807) is 14.2 Å². The van der Waals surface area contributed by atoms with E-state index in [0.29, 0.717) is 26.0 Å². The molecule has 6 nitrogen and oxygen atoms in total. The van der Waals surface area contributed by atoms with Crippen molar-refractivity contribution < 1.29 is 14.3 Å². The van der Waals surface area contributed by atoms with Crippen LogP contribution in [0.2, 0.25) is 0 Å². The van der Waals surface area contributed by atoms with Crippen molar-refractivity contribution in [3.05, 3.63) is 29.8 Å². The Morgan fingerprint density at radius 3 is 2.50 bits per heavy atom. The van der Waals surface area contributed by atoms with Gasteiger partial charge >= 0.3 is 5.97 Å². The van der Waals surface area contributed by atoms with E-state index < -0.39 is 0 Å². The summed E-state index contributed by atoms with van der Waals surface area (Å²) in [6.45, 7) is 3.66. The van der Waals surface area contributed by atoms with Crippen LogP contribution in [-0.4, -0.2) is 51.2 Å². The highest BCUT2D eigenvalue weighted by Gasteiger charge is 2.07. The molecule has 0 spiro atoms. The van der Waals surface area contributed by atoms with Gasteiger partial charge in [-0.25, -0.2) is 0 Å². The first-order valence-electron chi connectivity index (χ1n) is 7.81. The van der Waals surface area contributed by atoms with Gasteiger partial charge in [0.2, 0.25) is 0 Å². The predicted molar refractivity (Wildman–Crippen MR) is 107 cm³/mol. The fourth-order valence-corrected chi connectivity index (χ4v) is 2.13. The molecule has 1 rings (SSSR count). The molecule has 0 radical (unpaired) electrons. The second kappa shape index (κ2) is 12.9. The van der Waals surface area contributed by atoms with Gasteiger partial charge in [-0.15, -0.1) is 24.0 Å². The Balaban J connectivity index is 0.00000529. The van der Waals surface area contributed by atoms with Gasteiger partial charge in [0, 0.05) is 33.6 Å². The lowest BCUT2D eigenvalue weighted by Crippen LogP contribution is -2.39. The van der Waals surface area contributed by atoms with Crippen LogP contribution in [0.1, 0.15) is 25.3 Å². The minimum Gasteiger partial charge on any atom is -0.497 e. The van der Waals surface area contributed by atoms with Crippen molar-refractivity contribution in [1.29, 1.82) is 0 Å². The Bertz CT molecular complexity index is 506. The zero-order valence-electron chi connectivity index (χ0n) is 14.9. The average Bonchev–Trinajstić information content (AvgIpc) is 2.55. The average molecular weight is 449 g/mol. The molecule has 0 fully saturated rings. The van der Waals surface area contributed by atoms with Crippen LogP contribution in [-0.2, 0) is 16.1 Å². The van der Waals surface area contributed by atoms with Crippen LogP contribution < -0.4 is 10.1 Å². The highest BCUT2D eigenvalue weighted by molar-refractivity contribution is 14.0. The molecule has 1 aromatic rings. The maximum absolute atomic E-state index is 11.3. The van der Waals surface area contributed by atoms with Crippen molar-refractivity contribution in [2.24, 2.45) is 4.99 Å². The van der Waals surface area contributed by atoms with Crippen LogP contribution >= 0.6 is 24.0 Å². The quantitative estimate of drug-likeness (QED) is 0.218. The van der Waals surface area contributed by atoms with Gasteiger partial charge in [0.15, 0.2) is 5.96 Å². The molecule has 0 atom stereocenters. The summed E-state index contributed by atoms with van der Waals surface area (Å²) >= 11 is 0. The highest BCUT2D eigenvalue weighted by atomic mass is 127. The van der Waals surface area contributed by atoms with Crippen LogP contribution in [0.4, 0.5) is 0 Å². The van der Waals surface area contributed by atoms with Gasteiger partial charge in [-0.2, -0.15) is 0 Å². The molecule has 0 aliphatic carbocycles. The molecule has 0 saturated heterocycles. The van der Waals surface area contributed by atoms with Gasteiger partial charge in [-0.3, -0.25) is 9.79 Å². The van der Waals surface area contributed by atoms with Crippen molar-refractivity contribution in [3.63, 3.8) is 0 Å². The normalized spacial score (nSPS) is 10.6. The molecule has 1 N–H and O–H groups in total. The van der Waals surface area contributed by atoms with Crippen LogP contribution in [0.3, 0.4) is 0 Å². The molecule has 1 aromatic carbocycles. The van der Waals surface area contributed by atoms with Gasteiger partial charge in [0.25, 0.3) is 0 Å². The minimum absolute atomic E-state index is 0. The topological polar surface area (TPSA) is 63.2 Å². The van der Waals surface area contributed by atoms with E-state index in [1.165, 1.54) is 5.56 Å². The molecule has 0 unspecified atom stereocenters. The van der Waals surface area contributed by atoms with E-state index in [-0.39, 0.29) is 29.9 Å². The Morgan fingerprint density at radius 1 is 1.29 bits per heavy atom. The van der Waals surface area contributed by atoms with Crippen LogP contribution in [0.5, 0.6) is 5.75 Å². The van der Waals surface area contributed by atoms with Gasteiger partial charge in [0.1, 0.15) is 5.75 Å². The van der Waals surface area contributed by atoms with Crippen LogP contribution in [0.25, 0.3) is 0 Å². The number of nitrogens with one attached hydrogen (secondary N) is 1. The highest BCUT2D eigenvalue weighted by Crippen LogP contribution is 2.12. The molecule has 0 saturated carbocycles. The van der Waals surface area contributed by atoms with Crippen molar-refractivity contribution in [2.45, 2.75) is 26.3 Å². The Hall–Kier alpha value is -1.51. The molecular formula is C17H28IN3O3. The summed E-state index contributed by atoms with van der Waals surface area (Å²) in [6, 6.07) is 7.95. The SMILES string of the molecule is CCOC(=O)CCCNC(=NC)N(C)Cc1ccc(OC)cc1.I. The number of guanidine groups is 1. The second-order valence-corrected chi connectivity index (χ2v) is 5.09. The number of hydrogen-bond acceptors (Lipinski definition) is 4. The van der Waals surface area contributed by atoms with Crippen molar-refractivity contribution in [3.8, 4) is 5.75 Å². The van der Waals surface area contributed by atoms with Crippen LogP contribution in [0.15, 0.2) is 29.3 Å². The minimum atomic E-state index is -0.157. The third kappa shape index (κ3) is 8.37. The Morgan fingerprint density at radius 2 is 1.96 bits per heavy atom. The first-order valence-corrected chi connectivity index (χ1v) is 7.81. The summed E-state index contributed by atoms with van der Waals surface area (Å²) in [7, 11) is 5.38. The summed E-state index contributed by atoms with van der Waals surface area (Å²) in [5.74, 6) is 1.48. The van der Waals surface area contributed by atoms with E-state index in [1.807, 2.05) is 43.1 Å². The first-order chi connectivity index (χ1) is 11.1. The van der Waals surface area contributed by atoms with E-state index in [0.717, 1.165) is 18.3 Å². The zero-order chi connectivity index (χ0) is 17.1. The number of rotatable bonds is 8. The molecule has 0 bridgehead atoms. The standard InChI is InChI=1S/C17H27N3O3.HI/c1-5-23-16(21)7-6-12-19-17(18-2)20(3)13-14-8-10-15(22-4)11-9-14;/h8-11H,5-7,12-13H2,1-4H3,(H,18,19);1H. The molecule has 0 aliphatic rings. The molecule has 24 heavy (non-hydrogen) atoms. The number of carbonyl (C=O) groups is 1. The summed E-state index contributed by atoms with van der Waals surface area (Å²) in [5.41, 5.74) is 1.17. The third-order valence-corrected chi connectivity index (χ3v) is 3.30.